The molecule has 0 atom stereocenters. The number of hydrogen-bond donors (Lipinski definition) is 1. The van der Waals surface area contributed by atoms with Crippen molar-refractivity contribution in [2.24, 2.45) is 0 Å². The topological polar surface area (TPSA) is 54.5 Å². The molecular formula is C21H20FN3O2S. The maximum Gasteiger partial charge on any atom is 0.234 e. The van der Waals surface area contributed by atoms with Crippen LogP contribution in [0, 0.1) is 5.82 Å². The highest BCUT2D eigenvalue weighted by molar-refractivity contribution is 8.00. The van der Waals surface area contributed by atoms with E-state index in [0.717, 1.165) is 23.8 Å². The van der Waals surface area contributed by atoms with Gasteiger partial charge in [0.1, 0.15) is 11.3 Å². The van der Waals surface area contributed by atoms with Crippen LogP contribution in [0.4, 0.5) is 15.9 Å². The number of ether oxygens (including phenoxy) is 1. The molecule has 0 unspecified atom stereocenters. The minimum atomic E-state index is -0.446. The molecule has 0 radical (unpaired) electrons. The molecule has 4 rings (SSSR count). The van der Waals surface area contributed by atoms with Gasteiger partial charge in [-0.1, -0.05) is 18.2 Å². The SMILES string of the molecule is O=C(CSc1ccccc1)Nc1cc(F)c2nc(N3CCOCC3)ccc2c1. The van der Waals surface area contributed by atoms with E-state index in [2.05, 4.69) is 15.2 Å². The van der Waals surface area contributed by atoms with Crippen LogP contribution in [-0.4, -0.2) is 42.9 Å². The minimum absolute atomic E-state index is 0.175. The fourth-order valence-corrected chi connectivity index (χ4v) is 3.80. The Bertz CT molecular complexity index is 978. The monoisotopic (exact) mass is 397 g/mol. The molecule has 0 spiro atoms. The van der Waals surface area contributed by atoms with Crippen LogP contribution in [0.25, 0.3) is 10.9 Å². The highest BCUT2D eigenvalue weighted by atomic mass is 32.2. The molecule has 5 nitrogen and oxygen atoms in total. The van der Waals surface area contributed by atoms with Crippen molar-refractivity contribution in [1.29, 1.82) is 0 Å². The fraction of sp³-hybridized carbons (Fsp3) is 0.238. The molecule has 1 fully saturated rings. The van der Waals surface area contributed by atoms with E-state index in [1.165, 1.54) is 17.8 Å². The summed E-state index contributed by atoms with van der Waals surface area (Å²) in [4.78, 5) is 19.8. The van der Waals surface area contributed by atoms with Crippen molar-refractivity contribution in [2.45, 2.75) is 4.90 Å². The second-order valence-electron chi connectivity index (χ2n) is 6.45. The largest absolute Gasteiger partial charge is 0.378 e. The molecule has 7 heteroatoms. The Morgan fingerprint density at radius 3 is 2.71 bits per heavy atom. The van der Waals surface area contributed by atoms with Gasteiger partial charge in [0.05, 0.1) is 19.0 Å². The molecule has 1 saturated heterocycles. The van der Waals surface area contributed by atoms with Crippen molar-refractivity contribution >= 4 is 40.1 Å². The summed E-state index contributed by atoms with van der Waals surface area (Å²) in [7, 11) is 0. The number of carbonyl (C=O) groups is 1. The molecule has 2 heterocycles. The second-order valence-corrected chi connectivity index (χ2v) is 7.50. The average Bonchev–Trinajstić information content (AvgIpc) is 2.73. The molecule has 0 aliphatic carbocycles. The Morgan fingerprint density at radius 2 is 1.93 bits per heavy atom. The van der Waals surface area contributed by atoms with Gasteiger partial charge in [0, 0.05) is 29.1 Å². The lowest BCUT2D eigenvalue weighted by molar-refractivity contribution is -0.113. The Kier molecular flexibility index (Phi) is 5.73. The van der Waals surface area contributed by atoms with E-state index >= 15 is 0 Å². The van der Waals surface area contributed by atoms with Crippen molar-refractivity contribution in [3.8, 4) is 0 Å². The summed E-state index contributed by atoms with van der Waals surface area (Å²) in [5.74, 6) is 0.382. The third-order valence-corrected chi connectivity index (χ3v) is 5.48. The fourth-order valence-electron chi connectivity index (χ4n) is 3.08. The van der Waals surface area contributed by atoms with Gasteiger partial charge in [-0.2, -0.15) is 0 Å². The van der Waals surface area contributed by atoms with E-state index < -0.39 is 5.82 Å². The Balaban J connectivity index is 1.46. The summed E-state index contributed by atoms with van der Waals surface area (Å²) in [5.41, 5.74) is 0.741. The van der Waals surface area contributed by atoms with Crippen molar-refractivity contribution in [1.82, 2.24) is 4.98 Å². The van der Waals surface area contributed by atoms with Gasteiger partial charge in [0.25, 0.3) is 0 Å². The van der Waals surface area contributed by atoms with E-state index in [4.69, 9.17) is 4.74 Å². The first kappa shape index (κ1) is 18.7. The number of anilines is 2. The number of morpholine rings is 1. The van der Waals surface area contributed by atoms with Crippen LogP contribution in [0.15, 0.2) is 59.5 Å². The highest BCUT2D eigenvalue weighted by Gasteiger charge is 2.15. The van der Waals surface area contributed by atoms with Crippen LogP contribution in [0.5, 0.6) is 0 Å². The molecule has 1 aliphatic heterocycles. The van der Waals surface area contributed by atoms with Crippen LogP contribution in [0.2, 0.25) is 0 Å². The number of amides is 1. The summed E-state index contributed by atoms with van der Waals surface area (Å²) in [6.45, 7) is 2.78. The van der Waals surface area contributed by atoms with Gasteiger partial charge in [0.15, 0.2) is 5.82 Å². The van der Waals surface area contributed by atoms with Gasteiger partial charge in [-0.3, -0.25) is 4.79 Å². The molecular weight excluding hydrogens is 377 g/mol. The lowest BCUT2D eigenvalue weighted by atomic mass is 10.2. The number of thioether (sulfide) groups is 1. The quantitative estimate of drug-likeness (QED) is 0.661. The molecule has 0 bridgehead atoms. The Labute approximate surface area is 166 Å². The minimum Gasteiger partial charge on any atom is -0.378 e. The molecule has 3 aromatic rings. The van der Waals surface area contributed by atoms with E-state index in [1.807, 2.05) is 42.5 Å². The number of fused-ring (bicyclic) bond motifs is 1. The van der Waals surface area contributed by atoms with Crippen LogP contribution in [0.1, 0.15) is 0 Å². The zero-order chi connectivity index (χ0) is 19.3. The zero-order valence-corrected chi connectivity index (χ0v) is 16.0. The molecule has 1 aliphatic rings. The Hall–Kier alpha value is -2.64. The summed E-state index contributed by atoms with van der Waals surface area (Å²) < 4.78 is 20.0. The Morgan fingerprint density at radius 1 is 1.14 bits per heavy atom. The third kappa shape index (κ3) is 4.43. The molecule has 1 aromatic heterocycles. The van der Waals surface area contributed by atoms with Gasteiger partial charge in [-0.05, 0) is 36.4 Å². The highest BCUT2D eigenvalue weighted by Crippen LogP contribution is 2.25. The number of hydrogen-bond acceptors (Lipinski definition) is 5. The van der Waals surface area contributed by atoms with Gasteiger partial charge in [0.2, 0.25) is 5.91 Å². The number of nitrogens with zero attached hydrogens (tertiary/aromatic N) is 2. The van der Waals surface area contributed by atoms with Gasteiger partial charge < -0.3 is 15.0 Å². The van der Waals surface area contributed by atoms with Crippen molar-refractivity contribution in [2.75, 3.05) is 42.3 Å². The number of benzene rings is 2. The zero-order valence-electron chi connectivity index (χ0n) is 15.2. The molecule has 1 N–H and O–H groups in total. The first-order valence-corrected chi connectivity index (χ1v) is 10.1. The lowest BCUT2D eigenvalue weighted by Crippen LogP contribution is -2.36. The van der Waals surface area contributed by atoms with Crippen LogP contribution < -0.4 is 10.2 Å². The molecule has 0 saturated carbocycles. The van der Waals surface area contributed by atoms with Gasteiger partial charge >= 0.3 is 0 Å². The predicted octanol–water partition coefficient (Wildman–Crippen LogP) is 3.94. The van der Waals surface area contributed by atoms with Crippen LogP contribution >= 0.6 is 11.8 Å². The standard InChI is InChI=1S/C21H20FN3O2S/c22-18-13-16(23-20(26)14-28-17-4-2-1-3-5-17)12-15-6-7-19(24-21(15)18)25-8-10-27-11-9-25/h1-7,12-13H,8-11,14H2,(H,23,26). The number of halogens is 1. The summed E-state index contributed by atoms with van der Waals surface area (Å²) in [6.07, 6.45) is 0. The van der Waals surface area contributed by atoms with Crippen LogP contribution in [0.3, 0.4) is 0 Å². The third-order valence-electron chi connectivity index (χ3n) is 4.46. The predicted molar refractivity (Wildman–Crippen MR) is 111 cm³/mol. The summed E-state index contributed by atoms with van der Waals surface area (Å²) in [5, 5.41) is 3.42. The van der Waals surface area contributed by atoms with Crippen molar-refractivity contribution in [3.63, 3.8) is 0 Å². The first-order valence-electron chi connectivity index (χ1n) is 9.10. The molecule has 28 heavy (non-hydrogen) atoms. The van der Waals surface area contributed by atoms with E-state index in [-0.39, 0.29) is 11.7 Å². The van der Waals surface area contributed by atoms with E-state index in [9.17, 15) is 9.18 Å². The van der Waals surface area contributed by atoms with E-state index in [1.54, 1.807) is 6.07 Å². The number of carbonyl (C=O) groups excluding carboxylic acids is 1. The maximum atomic E-state index is 14.6. The van der Waals surface area contributed by atoms with Crippen LogP contribution in [-0.2, 0) is 9.53 Å². The van der Waals surface area contributed by atoms with Crippen molar-refractivity contribution in [3.05, 3.63) is 60.4 Å². The van der Waals surface area contributed by atoms with Crippen molar-refractivity contribution < 1.29 is 13.9 Å². The van der Waals surface area contributed by atoms with E-state index in [0.29, 0.717) is 29.8 Å². The summed E-state index contributed by atoms with van der Waals surface area (Å²) >= 11 is 1.44. The number of pyridine rings is 1. The number of aromatic nitrogens is 1. The second kappa shape index (κ2) is 8.58. The number of rotatable bonds is 5. The number of nitrogens with one attached hydrogen (secondary N) is 1. The van der Waals surface area contributed by atoms with Gasteiger partial charge in [-0.25, -0.2) is 9.37 Å². The first-order chi connectivity index (χ1) is 13.7. The lowest BCUT2D eigenvalue weighted by Gasteiger charge is -2.28. The molecule has 144 valence electrons. The van der Waals surface area contributed by atoms with Gasteiger partial charge in [-0.15, -0.1) is 11.8 Å². The normalized spacial score (nSPS) is 14.2. The molecule has 1 amide bonds. The maximum absolute atomic E-state index is 14.6. The summed E-state index contributed by atoms with van der Waals surface area (Å²) in [6, 6.07) is 16.5. The smallest absolute Gasteiger partial charge is 0.234 e. The average molecular weight is 397 g/mol. The molecule has 2 aromatic carbocycles.